The van der Waals surface area contributed by atoms with E-state index in [4.69, 9.17) is 4.74 Å². The zero-order chi connectivity index (χ0) is 9.80. The Labute approximate surface area is 84.4 Å². The monoisotopic (exact) mass is 198 g/mol. The SMILES string of the molecule is O=C(NC1COC1)C1CCCCCN1. The summed E-state index contributed by atoms with van der Waals surface area (Å²) in [5, 5.41) is 6.27. The van der Waals surface area contributed by atoms with Crippen molar-refractivity contribution < 1.29 is 9.53 Å². The molecule has 0 spiro atoms. The molecule has 80 valence electrons. The van der Waals surface area contributed by atoms with Crippen LogP contribution in [-0.2, 0) is 9.53 Å². The Morgan fingerprint density at radius 3 is 2.86 bits per heavy atom. The van der Waals surface area contributed by atoms with Gasteiger partial charge in [0.25, 0.3) is 0 Å². The molecule has 1 unspecified atom stereocenters. The molecular formula is C10H18N2O2. The largest absolute Gasteiger partial charge is 0.377 e. The maximum Gasteiger partial charge on any atom is 0.237 e. The Bertz CT molecular complexity index is 196. The first-order chi connectivity index (χ1) is 6.86. The molecule has 1 atom stereocenters. The Morgan fingerprint density at radius 1 is 1.29 bits per heavy atom. The van der Waals surface area contributed by atoms with E-state index in [-0.39, 0.29) is 18.0 Å². The van der Waals surface area contributed by atoms with Gasteiger partial charge >= 0.3 is 0 Å². The molecule has 1 amide bonds. The number of hydrogen-bond acceptors (Lipinski definition) is 3. The van der Waals surface area contributed by atoms with Gasteiger partial charge in [-0.2, -0.15) is 0 Å². The Hall–Kier alpha value is -0.610. The highest BCUT2D eigenvalue weighted by Gasteiger charge is 2.25. The van der Waals surface area contributed by atoms with E-state index >= 15 is 0 Å². The fraction of sp³-hybridized carbons (Fsp3) is 0.900. The molecule has 0 aromatic carbocycles. The van der Waals surface area contributed by atoms with Crippen molar-refractivity contribution in [1.29, 1.82) is 0 Å². The zero-order valence-corrected chi connectivity index (χ0v) is 8.42. The predicted octanol–water partition coefficient (Wildman–Crippen LogP) is 0.0336. The van der Waals surface area contributed by atoms with Crippen molar-refractivity contribution in [2.24, 2.45) is 0 Å². The molecular weight excluding hydrogens is 180 g/mol. The van der Waals surface area contributed by atoms with E-state index in [9.17, 15) is 4.79 Å². The smallest absolute Gasteiger partial charge is 0.237 e. The summed E-state index contributed by atoms with van der Waals surface area (Å²) >= 11 is 0. The maximum atomic E-state index is 11.7. The van der Waals surface area contributed by atoms with Crippen LogP contribution in [0.4, 0.5) is 0 Å². The maximum absolute atomic E-state index is 11.7. The van der Waals surface area contributed by atoms with Crippen LogP contribution >= 0.6 is 0 Å². The van der Waals surface area contributed by atoms with Crippen molar-refractivity contribution in [3.8, 4) is 0 Å². The number of hydrogen-bond donors (Lipinski definition) is 2. The highest BCUT2D eigenvalue weighted by Crippen LogP contribution is 2.09. The third-order valence-electron chi connectivity index (χ3n) is 2.86. The molecule has 2 aliphatic heterocycles. The van der Waals surface area contributed by atoms with E-state index in [1.807, 2.05) is 0 Å². The van der Waals surface area contributed by atoms with Gasteiger partial charge in [0.2, 0.25) is 5.91 Å². The normalized spacial score (nSPS) is 29.0. The van der Waals surface area contributed by atoms with Crippen LogP contribution in [0.1, 0.15) is 25.7 Å². The molecule has 2 fully saturated rings. The topological polar surface area (TPSA) is 50.4 Å². The van der Waals surface area contributed by atoms with Gasteiger partial charge in [-0.25, -0.2) is 0 Å². The number of ether oxygens (including phenoxy) is 1. The Balaban J connectivity index is 1.76. The molecule has 0 bridgehead atoms. The first-order valence-corrected chi connectivity index (χ1v) is 5.48. The van der Waals surface area contributed by atoms with Gasteiger partial charge in [-0.3, -0.25) is 4.79 Å². The van der Waals surface area contributed by atoms with Gasteiger partial charge in [-0.15, -0.1) is 0 Å². The second-order valence-electron chi connectivity index (χ2n) is 4.10. The molecule has 2 heterocycles. The summed E-state index contributed by atoms with van der Waals surface area (Å²) in [5.74, 6) is 0.153. The lowest BCUT2D eigenvalue weighted by Crippen LogP contribution is -2.54. The van der Waals surface area contributed by atoms with Gasteiger partial charge in [-0.05, 0) is 19.4 Å². The van der Waals surface area contributed by atoms with Crippen LogP contribution in [0.15, 0.2) is 0 Å². The summed E-state index contributed by atoms with van der Waals surface area (Å²) in [5.41, 5.74) is 0. The van der Waals surface area contributed by atoms with Gasteiger partial charge < -0.3 is 15.4 Å². The van der Waals surface area contributed by atoms with E-state index in [0.29, 0.717) is 13.2 Å². The lowest BCUT2D eigenvalue weighted by Gasteiger charge is -2.28. The second kappa shape index (κ2) is 4.75. The van der Waals surface area contributed by atoms with Crippen LogP contribution in [-0.4, -0.2) is 37.7 Å². The fourth-order valence-electron chi connectivity index (χ4n) is 1.87. The van der Waals surface area contributed by atoms with E-state index < -0.39 is 0 Å². The molecule has 4 nitrogen and oxygen atoms in total. The first kappa shape index (κ1) is 9.93. The van der Waals surface area contributed by atoms with Gasteiger partial charge in [-0.1, -0.05) is 12.8 Å². The van der Waals surface area contributed by atoms with Crippen molar-refractivity contribution in [2.45, 2.75) is 37.8 Å². The number of carbonyl (C=O) groups excluding carboxylic acids is 1. The Kier molecular flexibility index (Phi) is 3.37. The molecule has 0 saturated carbocycles. The summed E-state index contributed by atoms with van der Waals surface area (Å²) in [7, 11) is 0. The molecule has 2 aliphatic rings. The van der Waals surface area contributed by atoms with Crippen LogP contribution in [0.3, 0.4) is 0 Å². The lowest BCUT2D eigenvalue weighted by atomic mass is 10.1. The van der Waals surface area contributed by atoms with Crippen molar-refractivity contribution in [2.75, 3.05) is 19.8 Å². The molecule has 2 rings (SSSR count). The third-order valence-corrected chi connectivity index (χ3v) is 2.86. The minimum atomic E-state index is 0.0260. The van der Waals surface area contributed by atoms with Crippen LogP contribution in [0.5, 0.6) is 0 Å². The van der Waals surface area contributed by atoms with Crippen molar-refractivity contribution in [3.05, 3.63) is 0 Å². The summed E-state index contributed by atoms with van der Waals surface area (Å²) in [6.45, 7) is 2.33. The van der Waals surface area contributed by atoms with E-state index in [1.54, 1.807) is 0 Å². The number of rotatable bonds is 2. The summed E-state index contributed by atoms with van der Waals surface area (Å²) in [6, 6.07) is 0.283. The summed E-state index contributed by atoms with van der Waals surface area (Å²) < 4.78 is 5.01. The summed E-state index contributed by atoms with van der Waals surface area (Å²) in [4.78, 5) is 11.7. The van der Waals surface area contributed by atoms with E-state index in [2.05, 4.69) is 10.6 Å². The number of nitrogens with one attached hydrogen (secondary N) is 2. The molecule has 14 heavy (non-hydrogen) atoms. The van der Waals surface area contributed by atoms with Gasteiger partial charge in [0.15, 0.2) is 0 Å². The first-order valence-electron chi connectivity index (χ1n) is 5.48. The molecule has 2 saturated heterocycles. The third kappa shape index (κ3) is 2.45. The molecule has 2 N–H and O–H groups in total. The molecule has 0 radical (unpaired) electrons. The van der Waals surface area contributed by atoms with Gasteiger partial charge in [0, 0.05) is 0 Å². The van der Waals surface area contributed by atoms with Crippen LogP contribution in [0.25, 0.3) is 0 Å². The quantitative estimate of drug-likeness (QED) is 0.658. The fourth-order valence-corrected chi connectivity index (χ4v) is 1.87. The van der Waals surface area contributed by atoms with Crippen LogP contribution in [0.2, 0.25) is 0 Å². The Morgan fingerprint density at radius 2 is 2.14 bits per heavy atom. The number of amides is 1. The molecule has 4 heteroatoms. The molecule has 0 aromatic rings. The highest BCUT2D eigenvalue weighted by atomic mass is 16.5. The second-order valence-corrected chi connectivity index (χ2v) is 4.10. The molecule has 0 aromatic heterocycles. The van der Waals surface area contributed by atoms with Crippen molar-refractivity contribution >= 4 is 5.91 Å². The standard InChI is InChI=1S/C10H18N2O2/c13-10(12-8-6-14-7-8)9-4-2-1-3-5-11-9/h8-9,11H,1-7H2,(H,12,13). The van der Waals surface area contributed by atoms with Crippen molar-refractivity contribution in [1.82, 2.24) is 10.6 Å². The van der Waals surface area contributed by atoms with Crippen LogP contribution in [0, 0.1) is 0 Å². The van der Waals surface area contributed by atoms with Gasteiger partial charge in [0.05, 0.1) is 25.3 Å². The van der Waals surface area contributed by atoms with Crippen LogP contribution < -0.4 is 10.6 Å². The lowest BCUT2D eigenvalue weighted by molar-refractivity contribution is -0.127. The van der Waals surface area contributed by atoms with E-state index in [0.717, 1.165) is 19.4 Å². The van der Waals surface area contributed by atoms with E-state index in [1.165, 1.54) is 12.8 Å². The van der Waals surface area contributed by atoms with Gasteiger partial charge in [0.1, 0.15) is 0 Å². The molecule has 0 aliphatic carbocycles. The highest BCUT2D eigenvalue weighted by molar-refractivity contribution is 5.82. The minimum absolute atomic E-state index is 0.0260. The minimum Gasteiger partial charge on any atom is -0.377 e. The zero-order valence-electron chi connectivity index (χ0n) is 8.42. The number of carbonyl (C=O) groups is 1. The summed E-state index contributed by atoms with van der Waals surface area (Å²) in [6.07, 6.45) is 4.56. The van der Waals surface area contributed by atoms with Crippen molar-refractivity contribution in [3.63, 3.8) is 0 Å². The average Bonchev–Trinajstić information content (AvgIpc) is 2.38. The average molecular weight is 198 g/mol. The predicted molar refractivity (Wildman–Crippen MR) is 53.0 cm³/mol.